The Morgan fingerprint density at radius 3 is 2.36 bits per heavy atom. The third kappa shape index (κ3) is 3.64. The maximum atomic E-state index is 12.7. The average Bonchev–Trinajstić information content (AvgIpc) is 2.90. The highest BCUT2D eigenvalue weighted by molar-refractivity contribution is 6.22. The standard InChI is InChI=1S/C21H21N3O4/c1-12(2)11-22-19(26)15-6-4-5-7-17(15)23-18(25)13-8-9-14-16(10-13)21(28)24(3)20(14)27/h4-10,12H,11H2,1-3H3,(H,22,26)(H,23,25). The van der Waals surface area contributed by atoms with E-state index in [4.69, 9.17) is 0 Å². The van der Waals surface area contributed by atoms with Crippen LogP contribution in [0.2, 0.25) is 0 Å². The number of para-hydroxylation sites is 1. The quantitative estimate of drug-likeness (QED) is 0.781. The summed E-state index contributed by atoms with van der Waals surface area (Å²) in [6.07, 6.45) is 0. The zero-order valence-corrected chi connectivity index (χ0v) is 15.9. The first-order chi connectivity index (χ1) is 13.3. The Hall–Kier alpha value is -3.48. The highest BCUT2D eigenvalue weighted by Crippen LogP contribution is 2.23. The monoisotopic (exact) mass is 379 g/mol. The third-order valence-corrected chi connectivity index (χ3v) is 4.44. The fraction of sp³-hybridized carbons (Fsp3) is 0.238. The van der Waals surface area contributed by atoms with E-state index in [2.05, 4.69) is 10.6 Å². The second-order valence-corrected chi connectivity index (χ2v) is 7.03. The van der Waals surface area contributed by atoms with Crippen LogP contribution in [0.4, 0.5) is 5.69 Å². The summed E-state index contributed by atoms with van der Waals surface area (Å²) < 4.78 is 0. The number of anilines is 1. The van der Waals surface area contributed by atoms with Crippen LogP contribution in [0.25, 0.3) is 0 Å². The van der Waals surface area contributed by atoms with Crippen molar-refractivity contribution in [1.29, 1.82) is 0 Å². The van der Waals surface area contributed by atoms with Crippen LogP contribution in [0.3, 0.4) is 0 Å². The molecule has 144 valence electrons. The van der Waals surface area contributed by atoms with Crippen LogP contribution in [-0.4, -0.2) is 42.1 Å². The van der Waals surface area contributed by atoms with Gasteiger partial charge in [0.15, 0.2) is 0 Å². The van der Waals surface area contributed by atoms with Crippen LogP contribution in [0.1, 0.15) is 55.3 Å². The van der Waals surface area contributed by atoms with E-state index in [9.17, 15) is 19.2 Å². The van der Waals surface area contributed by atoms with E-state index in [1.807, 2.05) is 13.8 Å². The maximum absolute atomic E-state index is 12.7. The number of imide groups is 1. The first kappa shape index (κ1) is 19.3. The van der Waals surface area contributed by atoms with E-state index >= 15 is 0 Å². The number of nitrogens with one attached hydrogen (secondary N) is 2. The van der Waals surface area contributed by atoms with E-state index in [0.29, 0.717) is 23.7 Å². The molecule has 1 aliphatic heterocycles. The molecule has 7 nitrogen and oxygen atoms in total. The molecule has 28 heavy (non-hydrogen) atoms. The Morgan fingerprint density at radius 1 is 0.964 bits per heavy atom. The van der Waals surface area contributed by atoms with Gasteiger partial charge in [0.1, 0.15) is 0 Å². The van der Waals surface area contributed by atoms with Gasteiger partial charge in [-0.05, 0) is 36.2 Å². The van der Waals surface area contributed by atoms with Gasteiger partial charge in [0.25, 0.3) is 23.6 Å². The smallest absolute Gasteiger partial charge is 0.261 e. The van der Waals surface area contributed by atoms with Gasteiger partial charge in [-0.1, -0.05) is 26.0 Å². The second kappa shape index (κ2) is 7.64. The van der Waals surface area contributed by atoms with Crippen molar-refractivity contribution in [3.63, 3.8) is 0 Å². The van der Waals surface area contributed by atoms with Gasteiger partial charge in [-0.15, -0.1) is 0 Å². The number of carbonyl (C=O) groups excluding carboxylic acids is 4. The number of fused-ring (bicyclic) bond motifs is 1. The van der Waals surface area contributed by atoms with Gasteiger partial charge < -0.3 is 10.6 Å². The minimum atomic E-state index is -0.471. The first-order valence-corrected chi connectivity index (χ1v) is 8.94. The highest BCUT2D eigenvalue weighted by atomic mass is 16.2. The van der Waals surface area contributed by atoms with Crippen molar-refractivity contribution >= 4 is 29.3 Å². The lowest BCUT2D eigenvalue weighted by Gasteiger charge is -2.12. The third-order valence-electron chi connectivity index (χ3n) is 4.44. The Kier molecular flexibility index (Phi) is 5.26. The predicted octanol–water partition coefficient (Wildman–Crippen LogP) is 2.55. The molecule has 0 bridgehead atoms. The van der Waals surface area contributed by atoms with Crippen LogP contribution < -0.4 is 10.6 Å². The summed E-state index contributed by atoms with van der Waals surface area (Å²) in [5, 5.41) is 5.54. The average molecular weight is 379 g/mol. The highest BCUT2D eigenvalue weighted by Gasteiger charge is 2.33. The van der Waals surface area contributed by atoms with Gasteiger partial charge in [-0.2, -0.15) is 0 Å². The number of amides is 4. The van der Waals surface area contributed by atoms with Gasteiger partial charge in [0, 0.05) is 19.2 Å². The number of nitrogens with zero attached hydrogens (tertiary/aromatic N) is 1. The summed E-state index contributed by atoms with van der Waals surface area (Å²) >= 11 is 0. The summed E-state index contributed by atoms with van der Waals surface area (Å²) in [5.74, 6) is -1.28. The van der Waals surface area contributed by atoms with Crippen molar-refractivity contribution in [2.24, 2.45) is 5.92 Å². The number of carbonyl (C=O) groups is 4. The summed E-state index contributed by atoms with van der Waals surface area (Å²) in [6.45, 7) is 4.51. The Labute approximate surface area is 162 Å². The molecule has 1 heterocycles. The molecular weight excluding hydrogens is 358 g/mol. The molecule has 0 fully saturated rings. The van der Waals surface area contributed by atoms with E-state index in [1.165, 1.54) is 25.2 Å². The van der Waals surface area contributed by atoms with Crippen molar-refractivity contribution in [3.8, 4) is 0 Å². The van der Waals surface area contributed by atoms with Crippen LogP contribution >= 0.6 is 0 Å². The number of benzene rings is 2. The lowest BCUT2D eigenvalue weighted by atomic mass is 10.0. The fourth-order valence-electron chi connectivity index (χ4n) is 2.88. The Bertz CT molecular complexity index is 981. The van der Waals surface area contributed by atoms with E-state index in [0.717, 1.165) is 4.90 Å². The zero-order valence-electron chi connectivity index (χ0n) is 15.9. The molecule has 0 radical (unpaired) electrons. The molecule has 2 aromatic rings. The summed E-state index contributed by atoms with van der Waals surface area (Å²) in [6, 6.07) is 11.1. The van der Waals surface area contributed by atoms with Crippen LogP contribution in [-0.2, 0) is 0 Å². The van der Waals surface area contributed by atoms with Crippen LogP contribution in [0.5, 0.6) is 0 Å². The first-order valence-electron chi connectivity index (χ1n) is 8.94. The molecule has 7 heteroatoms. The Balaban J connectivity index is 1.82. The number of rotatable bonds is 5. The summed E-state index contributed by atoms with van der Waals surface area (Å²) in [7, 11) is 1.40. The van der Waals surface area contributed by atoms with Crippen LogP contribution in [0, 0.1) is 5.92 Å². The maximum Gasteiger partial charge on any atom is 0.261 e. The predicted molar refractivity (Wildman–Crippen MR) is 104 cm³/mol. The summed E-state index contributed by atoms with van der Waals surface area (Å²) in [5.41, 5.74) is 1.42. The molecule has 3 rings (SSSR count). The van der Waals surface area contributed by atoms with E-state index < -0.39 is 11.8 Å². The molecule has 0 aliphatic carbocycles. The van der Waals surface area contributed by atoms with E-state index in [-0.39, 0.29) is 28.5 Å². The molecule has 0 saturated carbocycles. The van der Waals surface area contributed by atoms with Gasteiger partial charge in [0.05, 0.1) is 22.4 Å². The van der Waals surface area contributed by atoms with Gasteiger partial charge in [-0.25, -0.2) is 0 Å². The topological polar surface area (TPSA) is 95.6 Å². The largest absolute Gasteiger partial charge is 0.352 e. The van der Waals surface area contributed by atoms with Gasteiger partial charge >= 0.3 is 0 Å². The van der Waals surface area contributed by atoms with Crippen molar-refractivity contribution in [1.82, 2.24) is 10.2 Å². The molecule has 4 amide bonds. The molecule has 0 aromatic heterocycles. The lowest BCUT2D eigenvalue weighted by molar-refractivity contribution is 0.0692. The Morgan fingerprint density at radius 2 is 1.64 bits per heavy atom. The molecular formula is C21H21N3O4. The van der Waals surface area contributed by atoms with Gasteiger partial charge in [-0.3, -0.25) is 24.1 Å². The minimum absolute atomic E-state index is 0.197. The second-order valence-electron chi connectivity index (χ2n) is 7.03. The normalized spacial score (nSPS) is 12.9. The van der Waals surface area contributed by atoms with Gasteiger partial charge in [0.2, 0.25) is 0 Å². The number of hydrogen-bond donors (Lipinski definition) is 2. The van der Waals surface area contributed by atoms with E-state index in [1.54, 1.807) is 24.3 Å². The molecule has 2 aromatic carbocycles. The molecule has 0 unspecified atom stereocenters. The molecule has 2 N–H and O–H groups in total. The van der Waals surface area contributed by atoms with Crippen molar-refractivity contribution in [3.05, 3.63) is 64.7 Å². The zero-order chi connectivity index (χ0) is 20.4. The molecule has 1 aliphatic rings. The minimum Gasteiger partial charge on any atom is -0.352 e. The van der Waals surface area contributed by atoms with Crippen molar-refractivity contribution < 1.29 is 19.2 Å². The summed E-state index contributed by atoms with van der Waals surface area (Å²) in [4.78, 5) is 50.2. The number of hydrogen-bond acceptors (Lipinski definition) is 4. The van der Waals surface area contributed by atoms with Crippen LogP contribution in [0.15, 0.2) is 42.5 Å². The molecule has 0 atom stereocenters. The van der Waals surface area contributed by atoms with Crippen molar-refractivity contribution in [2.75, 3.05) is 18.9 Å². The molecule has 0 saturated heterocycles. The lowest BCUT2D eigenvalue weighted by Crippen LogP contribution is -2.28. The SMILES string of the molecule is CC(C)CNC(=O)c1ccccc1NC(=O)c1ccc2c(c1)C(=O)N(C)C2=O. The van der Waals surface area contributed by atoms with Crippen molar-refractivity contribution in [2.45, 2.75) is 13.8 Å². The fourth-order valence-corrected chi connectivity index (χ4v) is 2.88. The molecule has 0 spiro atoms.